The molecule has 5 aliphatic rings. The average Bonchev–Trinajstić information content (AvgIpc) is 3.87. The Morgan fingerprint density at radius 2 is 1.28 bits per heavy atom. The molecule has 0 saturated carbocycles. The summed E-state index contributed by atoms with van der Waals surface area (Å²) in [7, 11) is 0. The van der Waals surface area contributed by atoms with Crippen LogP contribution in [0.4, 0.5) is 8.78 Å². The maximum Gasteiger partial charge on any atom is 0.276 e. The zero-order valence-corrected chi connectivity index (χ0v) is 38.2. The second-order valence-electron chi connectivity index (χ2n) is 17.2. The maximum absolute atomic E-state index is 14.8. The van der Waals surface area contributed by atoms with Gasteiger partial charge in [0.1, 0.15) is 42.4 Å². The molecule has 3 fully saturated rings. The molecule has 0 aromatic heterocycles. The van der Waals surface area contributed by atoms with Crippen molar-refractivity contribution in [2.75, 3.05) is 52.6 Å². The third-order valence-electron chi connectivity index (χ3n) is 12.6. The minimum Gasteiger partial charge on any atom is -0.488 e. The Kier molecular flexibility index (Phi) is 15.7. The summed E-state index contributed by atoms with van der Waals surface area (Å²) in [6, 6.07) is 19.5. The van der Waals surface area contributed by atoms with Crippen molar-refractivity contribution in [1.29, 1.82) is 0 Å². The van der Waals surface area contributed by atoms with Gasteiger partial charge in [-0.2, -0.15) is 0 Å². The van der Waals surface area contributed by atoms with E-state index >= 15 is 0 Å². The van der Waals surface area contributed by atoms with Crippen LogP contribution in [0, 0.1) is 11.6 Å². The molecule has 5 aliphatic heterocycles. The minimum atomic E-state index is -1.82. The molecule has 364 valence electrons. The van der Waals surface area contributed by atoms with Crippen LogP contribution < -0.4 is 20.1 Å². The first-order chi connectivity index (χ1) is 33.4. The monoisotopic (exact) mass is 952 g/mol. The number of hydrogen-bond acceptors (Lipinski definition) is 13. The molecule has 19 heteroatoms. The number of ether oxygens (including phenoxy) is 4. The van der Waals surface area contributed by atoms with Crippen molar-refractivity contribution in [3.8, 4) is 11.5 Å². The number of fused-ring (bicyclic) bond motifs is 2. The number of imide groups is 2. The summed E-state index contributed by atoms with van der Waals surface area (Å²) in [6.45, 7) is 9.00. The fraction of sp³-hybridized carbons (Fsp3) is 0.400. The van der Waals surface area contributed by atoms with E-state index in [-0.39, 0.29) is 68.2 Å². The van der Waals surface area contributed by atoms with Gasteiger partial charge in [-0.3, -0.25) is 49.2 Å². The number of carbonyl (C=O) groups excluding carboxylic acids is 6. The molecule has 0 spiro atoms. The van der Waals surface area contributed by atoms with E-state index in [9.17, 15) is 42.7 Å². The Labute approximate surface area is 397 Å². The number of nitrogens with zero attached hydrogens (tertiary/aromatic N) is 4. The summed E-state index contributed by atoms with van der Waals surface area (Å²) in [5.74, 6) is -3.02. The van der Waals surface area contributed by atoms with Gasteiger partial charge in [-0.05, 0) is 53.9 Å². The van der Waals surface area contributed by atoms with Crippen molar-refractivity contribution < 1.29 is 61.6 Å². The molecule has 6 amide bonds. The van der Waals surface area contributed by atoms with Crippen molar-refractivity contribution in [3.05, 3.63) is 129 Å². The van der Waals surface area contributed by atoms with Gasteiger partial charge in [0.05, 0.1) is 39.5 Å². The summed E-state index contributed by atoms with van der Waals surface area (Å²) in [5, 5.41) is 14.7. The molecule has 9 rings (SSSR count). The summed E-state index contributed by atoms with van der Waals surface area (Å²) in [4.78, 5) is 79.9. The van der Waals surface area contributed by atoms with Crippen LogP contribution in [0.15, 0.2) is 72.8 Å². The third-order valence-corrected chi connectivity index (χ3v) is 12.6. The summed E-state index contributed by atoms with van der Waals surface area (Å²) in [5.41, 5.74) is 4.44. The van der Waals surface area contributed by atoms with Crippen molar-refractivity contribution in [2.24, 2.45) is 0 Å². The molecule has 2 atom stereocenters. The first kappa shape index (κ1) is 48.8. The fourth-order valence-corrected chi connectivity index (χ4v) is 8.74. The van der Waals surface area contributed by atoms with Crippen LogP contribution >= 0.6 is 0 Å². The lowest BCUT2D eigenvalue weighted by Crippen LogP contribution is -2.52. The second kappa shape index (κ2) is 22.2. The highest BCUT2D eigenvalue weighted by molar-refractivity contribution is 6.06. The molecular weight excluding hydrogens is 899 g/mol. The molecular formula is C50H54F2N6O11. The van der Waals surface area contributed by atoms with Gasteiger partial charge in [0.2, 0.25) is 23.9 Å². The van der Waals surface area contributed by atoms with Gasteiger partial charge in [0, 0.05) is 85.5 Å². The van der Waals surface area contributed by atoms with Crippen LogP contribution in [-0.4, -0.2) is 125 Å². The highest BCUT2D eigenvalue weighted by atomic mass is 19.1. The topological polar surface area (TPSA) is 197 Å². The van der Waals surface area contributed by atoms with Gasteiger partial charge < -0.3 is 33.9 Å². The number of nitrogens with one attached hydrogen (secondary N) is 2. The van der Waals surface area contributed by atoms with E-state index in [0.717, 1.165) is 42.2 Å². The number of piperidine rings is 1. The lowest BCUT2D eigenvalue weighted by Gasteiger charge is -2.29. The van der Waals surface area contributed by atoms with E-state index in [1.54, 1.807) is 55.5 Å². The molecule has 2 unspecified atom stereocenters. The van der Waals surface area contributed by atoms with Crippen molar-refractivity contribution >= 4 is 35.4 Å². The van der Waals surface area contributed by atoms with Crippen molar-refractivity contribution in [3.63, 3.8) is 0 Å². The smallest absolute Gasteiger partial charge is 0.276 e. The average molecular weight is 953 g/mol. The molecule has 0 aliphatic carbocycles. The van der Waals surface area contributed by atoms with E-state index in [1.807, 2.05) is 17.4 Å². The maximum atomic E-state index is 14.8. The van der Waals surface area contributed by atoms with E-state index in [1.165, 1.54) is 17.0 Å². The quantitative estimate of drug-likeness (QED) is 0.156. The fourth-order valence-electron chi connectivity index (χ4n) is 8.74. The molecule has 5 heterocycles. The Balaban J connectivity index is 0.000000186. The summed E-state index contributed by atoms with van der Waals surface area (Å²) >= 11 is 0. The normalized spacial score (nSPS) is 18.8. The largest absolute Gasteiger partial charge is 0.488 e. The molecule has 3 N–H and O–H groups in total. The van der Waals surface area contributed by atoms with Crippen LogP contribution in [-0.2, 0) is 68.0 Å². The number of hydrogen-bond donors (Lipinski definition) is 3. The number of benzene rings is 4. The van der Waals surface area contributed by atoms with Gasteiger partial charge in [0.25, 0.3) is 17.7 Å². The van der Waals surface area contributed by atoms with Crippen molar-refractivity contribution in [1.82, 2.24) is 30.2 Å². The predicted octanol–water partition coefficient (Wildman–Crippen LogP) is 3.56. The lowest BCUT2D eigenvalue weighted by atomic mass is 10.0. The van der Waals surface area contributed by atoms with Gasteiger partial charge in [0.15, 0.2) is 0 Å². The SMILES string of the molecule is CCC(=O)NC(=O)C(O)N1Cc2c(OCc3ccc(CN4CCOCC4)cc3F)cccc2C1=O.O=C1CCC(N2Cc3c(OCc4ccc(CN5CCOCC5)cc4F)cccc3C2=O)C(=O)N1. The number of amides is 6. The van der Waals surface area contributed by atoms with Crippen LogP contribution in [0.5, 0.6) is 11.5 Å². The Bertz CT molecular complexity index is 2600. The lowest BCUT2D eigenvalue weighted by molar-refractivity contribution is -0.142. The Morgan fingerprint density at radius 1 is 0.754 bits per heavy atom. The van der Waals surface area contributed by atoms with Gasteiger partial charge in [-0.1, -0.05) is 43.3 Å². The number of carbonyl (C=O) groups is 6. The number of rotatable bonds is 14. The highest BCUT2D eigenvalue weighted by Gasteiger charge is 2.41. The molecule has 0 bridgehead atoms. The zero-order chi connectivity index (χ0) is 48.6. The molecule has 4 aromatic rings. The molecule has 69 heavy (non-hydrogen) atoms. The predicted molar refractivity (Wildman–Crippen MR) is 242 cm³/mol. The van der Waals surface area contributed by atoms with Crippen LogP contribution in [0.3, 0.4) is 0 Å². The standard InChI is InChI=1S/C25H28FN3O6.C25H26FN3O5/c1-2-22(30)27-23(31)25(33)29-14-19-18(24(29)32)4-3-5-21(19)35-15-17-7-6-16(12-20(17)26)13-28-8-10-34-11-9-28;26-20-12-16(13-28-8-10-33-11-9-28)4-5-17(20)15-34-22-3-1-2-18-19(22)14-29(25(18)32)21-6-7-23(30)27-24(21)31/h3-7,12,25,33H,2,8-11,13-15H2,1H3,(H,27,30,31);1-5,12,21H,6-11,13-15H2,(H,27,30,31). The number of aliphatic hydroxyl groups excluding tert-OH is 1. The van der Waals surface area contributed by atoms with E-state index in [0.29, 0.717) is 85.3 Å². The molecule has 17 nitrogen and oxygen atoms in total. The van der Waals surface area contributed by atoms with Crippen LogP contribution in [0.2, 0.25) is 0 Å². The minimum absolute atomic E-state index is 0.0206. The number of aliphatic hydroxyl groups is 1. The van der Waals surface area contributed by atoms with Crippen molar-refractivity contribution in [2.45, 2.75) is 77.8 Å². The van der Waals surface area contributed by atoms with E-state index in [2.05, 4.69) is 15.1 Å². The molecule has 4 aromatic carbocycles. The summed E-state index contributed by atoms with van der Waals surface area (Å²) in [6.07, 6.45) is -1.27. The Hall–Kier alpha value is -6.64. The van der Waals surface area contributed by atoms with Gasteiger partial charge in [-0.15, -0.1) is 0 Å². The van der Waals surface area contributed by atoms with E-state index in [4.69, 9.17) is 18.9 Å². The van der Waals surface area contributed by atoms with E-state index < -0.39 is 35.9 Å². The number of morpholine rings is 2. The van der Waals surface area contributed by atoms with Gasteiger partial charge in [-0.25, -0.2) is 8.78 Å². The van der Waals surface area contributed by atoms with Crippen LogP contribution in [0.25, 0.3) is 0 Å². The van der Waals surface area contributed by atoms with Crippen LogP contribution in [0.1, 0.15) is 80.3 Å². The highest BCUT2D eigenvalue weighted by Crippen LogP contribution is 2.35. The summed E-state index contributed by atoms with van der Waals surface area (Å²) < 4.78 is 52.0. The third kappa shape index (κ3) is 11.6. The van der Waals surface area contributed by atoms with Gasteiger partial charge >= 0.3 is 0 Å². The Morgan fingerprint density at radius 3 is 1.78 bits per heavy atom. The first-order valence-corrected chi connectivity index (χ1v) is 23.0. The first-order valence-electron chi connectivity index (χ1n) is 23.0. The zero-order valence-electron chi connectivity index (χ0n) is 38.2. The number of halogens is 2. The second-order valence-corrected chi connectivity index (χ2v) is 17.2. The molecule has 3 saturated heterocycles. The molecule has 0 radical (unpaired) electrons.